The lowest BCUT2D eigenvalue weighted by Crippen LogP contribution is -2.63. The van der Waals surface area contributed by atoms with Gasteiger partial charge in [0.15, 0.2) is 0 Å². The first-order valence-corrected chi connectivity index (χ1v) is 5.98. The Morgan fingerprint density at radius 2 is 1.79 bits per heavy atom. The second kappa shape index (κ2) is 4.17. The first kappa shape index (κ1) is 10.4. The standard InChI is InChI=1S/C11H23N3/c1-2-13-6-8-14(9-7-13)11(10-12)4-3-5-11/h2-10,12H2,1H3. The maximum Gasteiger partial charge on any atom is 0.0332 e. The highest BCUT2D eigenvalue weighted by molar-refractivity contribution is 5.00. The highest BCUT2D eigenvalue weighted by Gasteiger charge is 2.41. The summed E-state index contributed by atoms with van der Waals surface area (Å²) in [5, 5.41) is 0. The third-order valence-electron chi connectivity index (χ3n) is 4.15. The second-order valence-corrected chi connectivity index (χ2v) is 4.70. The molecule has 1 aliphatic heterocycles. The summed E-state index contributed by atoms with van der Waals surface area (Å²) in [7, 11) is 0. The summed E-state index contributed by atoms with van der Waals surface area (Å²) < 4.78 is 0. The van der Waals surface area contributed by atoms with Crippen LogP contribution in [0.4, 0.5) is 0 Å². The van der Waals surface area contributed by atoms with Crippen LogP contribution in [0.15, 0.2) is 0 Å². The Morgan fingerprint density at radius 3 is 2.14 bits per heavy atom. The summed E-state index contributed by atoms with van der Waals surface area (Å²) in [5.74, 6) is 0. The Kier molecular flexibility index (Phi) is 3.10. The van der Waals surface area contributed by atoms with E-state index in [2.05, 4.69) is 16.7 Å². The van der Waals surface area contributed by atoms with Crippen LogP contribution in [0.1, 0.15) is 26.2 Å². The van der Waals surface area contributed by atoms with E-state index in [1.807, 2.05) is 0 Å². The third-order valence-corrected chi connectivity index (χ3v) is 4.15. The molecule has 0 amide bonds. The molecule has 1 heterocycles. The maximum atomic E-state index is 5.91. The van der Waals surface area contributed by atoms with Crippen LogP contribution in [0.2, 0.25) is 0 Å². The average molecular weight is 197 g/mol. The van der Waals surface area contributed by atoms with Crippen LogP contribution in [-0.2, 0) is 0 Å². The Labute approximate surface area is 87.2 Å². The predicted octanol–water partition coefficient (Wildman–Crippen LogP) is 0.505. The van der Waals surface area contributed by atoms with Crippen molar-refractivity contribution in [2.75, 3.05) is 39.3 Å². The SMILES string of the molecule is CCN1CCN(C2(CN)CCC2)CC1. The average Bonchev–Trinajstić information content (AvgIpc) is 2.18. The van der Waals surface area contributed by atoms with Crippen molar-refractivity contribution in [2.24, 2.45) is 5.73 Å². The van der Waals surface area contributed by atoms with Gasteiger partial charge in [-0.05, 0) is 25.8 Å². The zero-order valence-electron chi connectivity index (χ0n) is 9.34. The summed E-state index contributed by atoms with van der Waals surface area (Å²) in [6.07, 6.45) is 4.04. The molecule has 0 radical (unpaired) electrons. The molecule has 14 heavy (non-hydrogen) atoms. The maximum absolute atomic E-state index is 5.91. The highest BCUT2D eigenvalue weighted by Crippen LogP contribution is 2.37. The van der Waals surface area contributed by atoms with Gasteiger partial charge in [0.25, 0.3) is 0 Å². The topological polar surface area (TPSA) is 32.5 Å². The molecule has 2 fully saturated rings. The van der Waals surface area contributed by atoms with Crippen molar-refractivity contribution in [3.63, 3.8) is 0 Å². The number of nitrogens with zero attached hydrogens (tertiary/aromatic N) is 2. The Bertz CT molecular complexity index is 175. The third kappa shape index (κ3) is 1.69. The summed E-state index contributed by atoms with van der Waals surface area (Å²) in [5.41, 5.74) is 6.31. The summed E-state index contributed by atoms with van der Waals surface area (Å²) in [6.45, 7) is 9.23. The fraction of sp³-hybridized carbons (Fsp3) is 1.00. The molecular weight excluding hydrogens is 174 g/mol. The van der Waals surface area contributed by atoms with Gasteiger partial charge in [-0.1, -0.05) is 6.92 Å². The van der Waals surface area contributed by atoms with Gasteiger partial charge in [0, 0.05) is 38.3 Å². The van der Waals surface area contributed by atoms with E-state index in [0.29, 0.717) is 5.54 Å². The van der Waals surface area contributed by atoms with Crippen molar-refractivity contribution in [1.29, 1.82) is 0 Å². The van der Waals surface area contributed by atoms with Crippen LogP contribution in [0.5, 0.6) is 0 Å². The van der Waals surface area contributed by atoms with Crippen LogP contribution < -0.4 is 5.73 Å². The zero-order valence-corrected chi connectivity index (χ0v) is 9.34. The van der Waals surface area contributed by atoms with Crippen molar-refractivity contribution in [3.8, 4) is 0 Å². The molecule has 3 heteroatoms. The summed E-state index contributed by atoms with van der Waals surface area (Å²) >= 11 is 0. The number of nitrogens with two attached hydrogens (primary N) is 1. The van der Waals surface area contributed by atoms with Crippen molar-refractivity contribution >= 4 is 0 Å². The van der Waals surface area contributed by atoms with Crippen LogP contribution in [-0.4, -0.2) is 54.6 Å². The van der Waals surface area contributed by atoms with E-state index in [1.54, 1.807) is 0 Å². The molecule has 0 bridgehead atoms. The zero-order chi connectivity index (χ0) is 10.0. The molecule has 1 saturated heterocycles. The van der Waals surface area contributed by atoms with E-state index in [0.717, 1.165) is 6.54 Å². The molecule has 0 aromatic carbocycles. The minimum atomic E-state index is 0.403. The van der Waals surface area contributed by atoms with Gasteiger partial charge in [0.1, 0.15) is 0 Å². The monoisotopic (exact) mass is 197 g/mol. The molecule has 0 atom stereocenters. The number of likely N-dealkylation sites (N-methyl/N-ethyl adjacent to an activating group) is 1. The Balaban J connectivity index is 1.88. The van der Waals surface area contributed by atoms with Gasteiger partial charge >= 0.3 is 0 Å². The number of piperazine rings is 1. The lowest BCUT2D eigenvalue weighted by Gasteiger charge is -2.52. The normalized spacial score (nSPS) is 28.7. The van der Waals surface area contributed by atoms with Crippen molar-refractivity contribution < 1.29 is 0 Å². The van der Waals surface area contributed by atoms with E-state index in [4.69, 9.17) is 5.73 Å². The van der Waals surface area contributed by atoms with Gasteiger partial charge in [-0.25, -0.2) is 0 Å². The van der Waals surface area contributed by atoms with Gasteiger partial charge in [0.05, 0.1) is 0 Å². The van der Waals surface area contributed by atoms with Gasteiger partial charge < -0.3 is 10.6 Å². The van der Waals surface area contributed by atoms with Crippen molar-refractivity contribution in [3.05, 3.63) is 0 Å². The lowest BCUT2D eigenvalue weighted by atomic mass is 9.75. The van der Waals surface area contributed by atoms with Gasteiger partial charge in [0.2, 0.25) is 0 Å². The van der Waals surface area contributed by atoms with E-state index in [-0.39, 0.29) is 0 Å². The van der Waals surface area contributed by atoms with Crippen molar-refractivity contribution in [1.82, 2.24) is 9.80 Å². The molecule has 1 saturated carbocycles. The van der Waals surface area contributed by atoms with E-state index in [1.165, 1.54) is 52.0 Å². The quantitative estimate of drug-likeness (QED) is 0.715. The number of hydrogen-bond donors (Lipinski definition) is 1. The predicted molar refractivity (Wildman–Crippen MR) is 59.3 cm³/mol. The fourth-order valence-electron chi connectivity index (χ4n) is 2.77. The lowest BCUT2D eigenvalue weighted by molar-refractivity contribution is -0.0113. The van der Waals surface area contributed by atoms with Crippen LogP contribution >= 0.6 is 0 Å². The first-order chi connectivity index (χ1) is 6.80. The first-order valence-electron chi connectivity index (χ1n) is 5.98. The van der Waals surface area contributed by atoms with E-state index < -0.39 is 0 Å². The molecule has 0 spiro atoms. The number of hydrogen-bond acceptors (Lipinski definition) is 3. The number of rotatable bonds is 3. The second-order valence-electron chi connectivity index (χ2n) is 4.70. The highest BCUT2D eigenvalue weighted by atomic mass is 15.3. The molecule has 2 aliphatic rings. The Morgan fingerprint density at radius 1 is 1.14 bits per heavy atom. The van der Waals surface area contributed by atoms with Crippen LogP contribution in [0, 0.1) is 0 Å². The molecule has 1 aliphatic carbocycles. The summed E-state index contributed by atoms with van der Waals surface area (Å²) in [4.78, 5) is 5.17. The molecule has 2 rings (SSSR count). The molecule has 0 unspecified atom stereocenters. The van der Waals surface area contributed by atoms with Crippen LogP contribution in [0.25, 0.3) is 0 Å². The van der Waals surface area contributed by atoms with E-state index in [9.17, 15) is 0 Å². The van der Waals surface area contributed by atoms with Gasteiger partial charge in [-0.3, -0.25) is 4.90 Å². The smallest absolute Gasteiger partial charge is 0.0332 e. The van der Waals surface area contributed by atoms with E-state index >= 15 is 0 Å². The van der Waals surface area contributed by atoms with Gasteiger partial charge in [-0.2, -0.15) is 0 Å². The van der Waals surface area contributed by atoms with Crippen molar-refractivity contribution in [2.45, 2.75) is 31.7 Å². The molecular formula is C11H23N3. The molecule has 3 nitrogen and oxygen atoms in total. The molecule has 82 valence electrons. The molecule has 0 aromatic heterocycles. The Hall–Kier alpha value is -0.120. The summed E-state index contributed by atoms with van der Waals surface area (Å²) in [6, 6.07) is 0. The minimum absolute atomic E-state index is 0.403. The fourth-order valence-corrected chi connectivity index (χ4v) is 2.77. The van der Waals surface area contributed by atoms with Gasteiger partial charge in [-0.15, -0.1) is 0 Å². The minimum Gasteiger partial charge on any atom is -0.329 e. The molecule has 2 N–H and O–H groups in total. The largest absolute Gasteiger partial charge is 0.329 e. The van der Waals surface area contributed by atoms with Crippen LogP contribution in [0.3, 0.4) is 0 Å². The molecule has 0 aromatic rings.